The second kappa shape index (κ2) is 5.66. The number of benzene rings is 2. The molecule has 0 bridgehead atoms. The fraction of sp³-hybridized carbons (Fsp3) is 0.133. The molecular formula is C15H11BrClFN2O. The normalized spacial score (nSPS) is 12.7. The maximum atomic E-state index is 13.2. The third-order valence-corrected chi connectivity index (χ3v) is 4.35. The van der Waals surface area contributed by atoms with Crippen LogP contribution in [0.5, 0.6) is 0 Å². The second-order valence-corrected chi connectivity index (χ2v) is 6.18. The number of fused-ring (bicyclic) bond motifs is 1. The van der Waals surface area contributed by atoms with Gasteiger partial charge in [0.25, 0.3) is 0 Å². The lowest BCUT2D eigenvalue weighted by Crippen LogP contribution is -1.99. The van der Waals surface area contributed by atoms with Gasteiger partial charge in [0.2, 0.25) is 0 Å². The van der Waals surface area contributed by atoms with Crippen LogP contribution in [-0.4, -0.2) is 9.97 Å². The maximum Gasteiger partial charge on any atom is 0.323 e. The summed E-state index contributed by atoms with van der Waals surface area (Å²) in [7, 11) is 0. The number of nitrogens with one attached hydrogen (secondary N) is 2. The minimum absolute atomic E-state index is 0.259. The third kappa shape index (κ3) is 3.04. The molecule has 0 spiro atoms. The lowest BCUT2D eigenvalue weighted by atomic mass is 10.0. The van der Waals surface area contributed by atoms with E-state index in [1.54, 1.807) is 6.07 Å². The summed E-state index contributed by atoms with van der Waals surface area (Å²) < 4.78 is 14.0. The maximum absolute atomic E-state index is 13.2. The molecule has 0 radical (unpaired) electrons. The lowest BCUT2D eigenvalue weighted by molar-refractivity contribution is 0.625. The van der Waals surface area contributed by atoms with E-state index in [9.17, 15) is 9.18 Å². The quantitative estimate of drug-likeness (QED) is 0.665. The molecule has 21 heavy (non-hydrogen) atoms. The molecule has 0 saturated carbocycles. The van der Waals surface area contributed by atoms with Crippen LogP contribution in [0.1, 0.15) is 16.5 Å². The highest BCUT2D eigenvalue weighted by molar-refractivity contribution is 9.10. The summed E-state index contributed by atoms with van der Waals surface area (Å²) in [5.74, 6) is -0.277. The topological polar surface area (TPSA) is 48.6 Å². The van der Waals surface area contributed by atoms with Crippen LogP contribution in [0.4, 0.5) is 4.39 Å². The number of H-pyrrole nitrogens is 2. The summed E-state index contributed by atoms with van der Waals surface area (Å²) in [5, 5.41) is -0.330. The average Bonchev–Trinajstić information content (AvgIpc) is 2.76. The summed E-state index contributed by atoms with van der Waals surface area (Å²) in [4.78, 5) is 16.7. The fourth-order valence-electron chi connectivity index (χ4n) is 2.29. The van der Waals surface area contributed by atoms with E-state index in [2.05, 4.69) is 25.9 Å². The summed E-state index contributed by atoms with van der Waals surface area (Å²) in [6, 6.07) is 10.0. The van der Waals surface area contributed by atoms with Crippen LogP contribution in [0.15, 0.2) is 45.7 Å². The van der Waals surface area contributed by atoms with Crippen LogP contribution in [0.25, 0.3) is 11.0 Å². The van der Waals surface area contributed by atoms with Gasteiger partial charge in [0.05, 0.1) is 16.4 Å². The van der Waals surface area contributed by atoms with E-state index >= 15 is 0 Å². The number of rotatable bonds is 3. The number of hydrogen-bond donors (Lipinski definition) is 2. The molecular weight excluding hydrogens is 359 g/mol. The highest BCUT2D eigenvalue weighted by atomic mass is 79.9. The van der Waals surface area contributed by atoms with Gasteiger partial charge in [0, 0.05) is 4.47 Å². The zero-order valence-electron chi connectivity index (χ0n) is 10.8. The van der Waals surface area contributed by atoms with E-state index in [-0.39, 0.29) is 16.9 Å². The molecule has 108 valence electrons. The van der Waals surface area contributed by atoms with E-state index in [1.165, 1.54) is 12.1 Å². The van der Waals surface area contributed by atoms with Crippen molar-refractivity contribution in [2.45, 2.75) is 11.8 Å². The molecule has 0 aliphatic carbocycles. The molecule has 0 aliphatic heterocycles. The van der Waals surface area contributed by atoms with Crippen molar-refractivity contribution in [1.82, 2.24) is 9.97 Å². The summed E-state index contributed by atoms with van der Waals surface area (Å²) >= 11 is 9.91. The Kier molecular flexibility index (Phi) is 3.87. The SMILES string of the molecule is O=c1[nH]c2cc(Br)c(C(Cl)Cc3cccc(F)c3)cc2[nH]1. The van der Waals surface area contributed by atoms with Gasteiger partial charge >= 0.3 is 5.69 Å². The minimum atomic E-state index is -0.330. The van der Waals surface area contributed by atoms with Crippen molar-refractivity contribution in [2.75, 3.05) is 0 Å². The van der Waals surface area contributed by atoms with Gasteiger partial charge in [0.1, 0.15) is 5.82 Å². The Bertz CT molecular complexity index is 858. The van der Waals surface area contributed by atoms with E-state index in [1.807, 2.05) is 18.2 Å². The molecule has 1 aromatic heterocycles. The first-order chi connectivity index (χ1) is 10.0. The van der Waals surface area contributed by atoms with Crippen LogP contribution in [0.3, 0.4) is 0 Å². The van der Waals surface area contributed by atoms with Crippen molar-refractivity contribution in [1.29, 1.82) is 0 Å². The number of hydrogen-bond acceptors (Lipinski definition) is 1. The molecule has 1 atom stereocenters. The van der Waals surface area contributed by atoms with Gasteiger partial charge in [-0.2, -0.15) is 0 Å². The Labute approximate surface area is 133 Å². The van der Waals surface area contributed by atoms with Crippen LogP contribution >= 0.6 is 27.5 Å². The van der Waals surface area contributed by atoms with Crippen LogP contribution < -0.4 is 5.69 Å². The molecule has 0 fully saturated rings. The van der Waals surface area contributed by atoms with Crippen LogP contribution in [-0.2, 0) is 6.42 Å². The fourth-order valence-corrected chi connectivity index (χ4v) is 3.40. The number of aromatic amines is 2. The number of aromatic nitrogens is 2. The molecule has 0 aliphatic rings. The molecule has 1 unspecified atom stereocenters. The van der Waals surface area contributed by atoms with Crippen molar-refractivity contribution in [3.05, 3.63) is 68.3 Å². The van der Waals surface area contributed by atoms with Crippen LogP contribution in [0, 0.1) is 5.82 Å². The summed E-state index contributed by atoms with van der Waals surface area (Å²) in [6.07, 6.45) is 0.498. The predicted molar refractivity (Wildman–Crippen MR) is 85.3 cm³/mol. The van der Waals surface area contributed by atoms with Gasteiger partial charge in [-0.25, -0.2) is 9.18 Å². The smallest absolute Gasteiger partial charge is 0.306 e. The highest BCUT2D eigenvalue weighted by Crippen LogP contribution is 2.33. The molecule has 3 aromatic rings. The van der Waals surface area contributed by atoms with Crippen molar-refractivity contribution in [3.63, 3.8) is 0 Å². The van der Waals surface area contributed by atoms with Gasteiger partial charge < -0.3 is 9.97 Å². The summed E-state index contributed by atoms with van der Waals surface area (Å²) in [6.45, 7) is 0. The molecule has 3 rings (SSSR count). The monoisotopic (exact) mass is 368 g/mol. The van der Waals surface area contributed by atoms with E-state index in [4.69, 9.17) is 11.6 Å². The zero-order chi connectivity index (χ0) is 15.0. The molecule has 2 N–H and O–H groups in total. The second-order valence-electron chi connectivity index (χ2n) is 4.80. The molecule has 2 aromatic carbocycles. The number of imidazole rings is 1. The highest BCUT2D eigenvalue weighted by Gasteiger charge is 2.15. The Morgan fingerprint density at radius 1 is 1.19 bits per heavy atom. The Morgan fingerprint density at radius 2 is 1.90 bits per heavy atom. The summed E-state index contributed by atoms with van der Waals surface area (Å²) in [5.41, 5.74) is 2.83. The average molecular weight is 370 g/mol. The predicted octanol–water partition coefficient (Wildman–Crippen LogP) is 4.28. The van der Waals surface area contributed by atoms with E-state index in [0.717, 1.165) is 15.6 Å². The lowest BCUT2D eigenvalue weighted by Gasteiger charge is -2.12. The Morgan fingerprint density at radius 3 is 2.62 bits per heavy atom. The van der Waals surface area contributed by atoms with E-state index < -0.39 is 0 Å². The van der Waals surface area contributed by atoms with Crippen molar-refractivity contribution in [3.8, 4) is 0 Å². The molecule has 0 saturated heterocycles. The number of alkyl halides is 1. The molecule has 0 amide bonds. The van der Waals surface area contributed by atoms with Gasteiger partial charge in [0.15, 0.2) is 0 Å². The van der Waals surface area contributed by atoms with Gasteiger partial charge in [-0.1, -0.05) is 28.1 Å². The van der Waals surface area contributed by atoms with Gasteiger partial charge in [-0.15, -0.1) is 11.6 Å². The van der Waals surface area contributed by atoms with Crippen molar-refractivity contribution in [2.24, 2.45) is 0 Å². The van der Waals surface area contributed by atoms with Crippen LogP contribution in [0.2, 0.25) is 0 Å². The minimum Gasteiger partial charge on any atom is -0.306 e. The first-order valence-electron chi connectivity index (χ1n) is 6.33. The van der Waals surface area contributed by atoms with Gasteiger partial charge in [-0.3, -0.25) is 0 Å². The molecule has 1 heterocycles. The third-order valence-electron chi connectivity index (χ3n) is 3.27. The Balaban J connectivity index is 1.95. The first-order valence-corrected chi connectivity index (χ1v) is 7.56. The van der Waals surface area contributed by atoms with Gasteiger partial charge in [-0.05, 0) is 41.8 Å². The number of halogens is 3. The zero-order valence-corrected chi connectivity index (χ0v) is 13.1. The Hall–Kier alpha value is -1.59. The van der Waals surface area contributed by atoms with Crippen molar-refractivity contribution < 1.29 is 4.39 Å². The van der Waals surface area contributed by atoms with E-state index in [0.29, 0.717) is 17.5 Å². The first kappa shape index (κ1) is 14.4. The van der Waals surface area contributed by atoms with Crippen molar-refractivity contribution >= 4 is 38.6 Å². The largest absolute Gasteiger partial charge is 0.323 e. The molecule has 6 heteroatoms. The molecule has 3 nitrogen and oxygen atoms in total. The standard InChI is InChI=1S/C15H11BrClFN2O/c16-11-7-14-13(19-15(21)20-14)6-10(11)12(17)5-8-2-1-3-9(18)4-8/h1-4,6-7,12H,5H2,(H2,19,20,21).